The summed E-state index contributed by atoms with van der Waals surface area (Å²) in [5, 5.41) is 12.4. The molecular weight excluding hydrogens is 466 g/mol. The largest absolute Gasteiger partial charge is 0.481 e. The van der Waals surface area contributed by atoms with Crippen LogP contribution in [0.4, 0.5) is 0 Å². The summed E-state index contributed by atoms with van der Waals surface area (Å²) in [5.41, 5.74) is 8.43. The summed E-state index contributed by atoms with van der Waals surface area (Å²) in [6, 6.07) is 17.7. The quantitative estimate of drug-likeness (QED) is 0.480. The maximum absolute atomic E-state index is 13.7. The van der Waals surface area contributed by atoms with Gasteiger partial charge in [0.2, 0.25) is 11.8 Å². The van der Waals surface area contributed by atoms with Gasteiger partial charge in [-0.25, -0.2) is 0 Å². The number of nitrogens with two attached hydrogens (primary N) is 1. The van der Waals surface area contributed by atoms with Crippen LogP contribution in [0.1, 0.15) is 75.0 Å². The highest BCUT2D eigenvalue weighted by Crippen LogP contribution is 2.52. The molecule has 0 aromatic heterocycles. The summed E-state index contributed by atoms with van der Waals surface area (Å²) in [4.78, 5) is 39.7. The van der Waals surface area contributed by atoms with E-state index < -0.39 is 17.6 Å². The summed E-state index contributed by atoms with van der Waals surface area (Å²) in [7, 11) is 0. The fraction of sp³-hybridized carbons (Fsp3) is 0.500. The minimum atomic E-state index is -1.07. The molecule has 0 saturated carbocycles. The van der Waals surface area contributed by atoms with Crippen molar-refractivity contribution in [2.45, 2.75) is 81.7 Å². The topological polar surface area (TPSA) is 113 Å². The molecule has 1 saturated heterocycles. The van der Waals surface area contributed by atoms with Gasteiger partial charge in [-0.3, -0.25) is 14.4 Å². The highest BCUT2D eigenvalue weighted by Gasteiger charge is 2.46. The third-order valence-corrected chi connectivity index (χ3v) is 8.05. The van der Waals surface area contributed by atoms with E-state index in [1.807, 2.05) is 35.2 Å². The van der Waals surface area contributed by atoms with Gasteiger partial charge in [0.05, 0.1) is 12.0 Å². The van der Waals surface area contributed by atoms with Crippen LogP contribution in [0.15, 0.2) is 54.6 Å². The number of fused-ring (bicyclic) bond motifs is 2. The first kappa shape index (κ1) is 26.9. The predicted octanol–water partition coefficient (Wildman–Crippen LogP) is 3.75. The minimum Gasteiger partial charge on any atom is -0.481 e. The van der Waals surface area contributed by atoms with Crippen LogP contribution in [0.3, 0.4) is 0 Å². The summed E-state index contributed by atoms with van der Waals surface area (Å²) in [6.07, 6.45) is 4.66. The zero-order valence-electron chi connectivity index (χ0n) is 21.9. The van der Waals surface area contributed by atoms with Crippen molar-refractivity contribution in [1.82, 2.24) is 10.2 Å². The maximum Gasteiger partial charge on any atom is 0.303 e. The third-order valence-electron chi connectivity index (χ3n) is 8.05. The molecule has 2 atom stereocenters. The number of benzene rings is 2. The Labute approximate surface area is 219 Å². The number of carboxylic acids is 1. The van der Waals surface area contributed by atoms with Gasteiger partial charge < -0.3 is 21.1 Å². The number of nitrogens with one attached hydrogen (secondary N) is 1. The first-order valence-electron chi connectivity index (χ1n) is 13.3. The molecule has 2 aromatic rings. The molecule has 4 rings (SSSR count). The maximum atomic E-state index is 13.7. The van der Waals surface area contributed by atoms with Crippen molar-refractivity contribution in [3.63, 3.8) is 0 Å². The second-order valence-electron chi connectivity index (χ2n) is 11.3. The number of carbonyl (C=O) groups excluding carboxylic acids is 2. The monoisotopic (exact) mass is 505 g/mol. The average molecular weight is 506 g/mol. The molecule has 0 radical (unpaired) electrons. The zero-order chi connectivity index (χ0) is 26.6. The average Bonchev–Trinajstić information content (AvgIpc) is 3.15. The highest BCUT2D eigenvalue weighted by molar-refractivity contribution is 5.91. The first-order chi connectivity index (χ1) is 17.6. The Kier molecular flexibility index (Phi) is 8.02. The Morgan fingerprint density at radius 3 is 2.38 bits per heavy atom. The Morgan fingerprint density at radius 1 is 1.08 bits per heavy atom. The zero-order valence-corrected chi connectivity index (χ0v) is 21.9. The molecule has 37 heavy (non-hydrogen) atoms. The van der Waals surface area contributed by atoms with Gasteiger partial charge in [-0.1, -0.05) is 54.6 Å². The lowest BCUT2D eigenvalue weighted by molar-refractivity contribution is -0.139. The van der Waals surface area contributed by atoms with Crippen LogP contribution in [0.25, 0.3) is 0 Å². The van der Waals surface area contributed by atoms with Crippen LogP contribution >= 0.6 is 0 Å². The smallest absolute Gasteiger partial charge is 0.303 e. The lowest BCUT2D eigenvalue weighted by Gasteiger charge is -2.41. The number of aliphatic carboxylic acids is 1. The van der Waals surface area contributed by atoms with Crippen molar-refractivity contribution in [3.05, 3.63) is 71.3 Å². The third kappa shape index (κ3) is 6.21. The lowest BCUT2D eigenvalue weighted by Crippen LogP contribution is -2.57. The number of rotatable bonds is 9. The second kappa shape index (κ2) is 11.1. The number of carboxylic acid groups (broad SMARTS) is 1. The fourth-order valence-electron chi connectivity index (χ4n) is 6.03. The van der Waals surface area contributed by atoms with E-state index in [0.29, 0.717) is 19.5 Å². The van der Waals surface area contributed by atoms with Gasteiger partial charge in [0.25, 0.3) is 0 Å². The van der Waals surface area contributed by atoms with E-state index in [2.05, 4.69) is 29.6 Å². The van der Waals surface area contributed by atoms with Gasteiger partial charge in [0, 0.05) is 13.1 Å². The van der Waals surface area contributed by atoms with Crippen molar-refractivity contribution in [1.29, 1.82) is 0 Å². The van der Waals surface area contributed by atoms with Crippen LogP contribution in [-0.2, 0) is 26.2 Å². The Bertz CT molecular complexity index is 1120. The van der Waals surface area contributed by atoms with E-state index in [0.717, 1.165) is 37.7 Å². The van der Waals surface area contributed by atoms with E-state index in [-0.39, 0.29) is 29.6 Å². The summed E-state index contributed by atoms with van der Waals surface area (Å²) >= 11 is 0. The minimum absolute atomic E-state index is 0.00719. The standard InChI is InChI=1S/C30H39N3O4/c1-29(2,31)28(37)32-25(14-8-11-21-9-4-3-5-10-21)27(36)33-17-15-30(16-18-33)20-22(19-26(34)35)23-12-6-7-13-24(23)30/h3-7,9-10,12-13,22,25H,8,11,14-20,31H2,1-2H3,(H,32,37)(H,34,35)/t22?,25-/m1/s1. The molecule has 1 heterocycles. The van der Waals surface area contributed by atoms with E-state index in [1.54, 1.807) is 13.8 Å². The number of hydrogen-bond donors (Lipinski definition) is 3. The molecule has 2 amide bonds. The van der Waals surface area contributed by atoms with Crippen LogP contribution in [0.5, 0.6) is 0 Å². The van der Waals surface area contributed by atoms with Gasteiger partial charge in [0.15, 0.2) is 0 Å². The molecule has 4 N–H and O–H groups in total. The summed E-state index contributed by atoms with van der Waals surface area (Å²) in [5.74, 6) is -1.16. The van der Waals surface area contributed by atoms with Crippen molar-refractivity contribution >= 4 is 17.8 Å². The molecule has 7 nitrogen and oxygen atoms in total. The van der Waals surface area contributed by atoms with Gasteiger partial charge in [-0.05, 0) is 80.4 Å². The van der Waals surface area contributed by atoms with Crippen LogP contribution in [0.2, 0.25) is 0 Å². The molecular formula is C30H39N3O4. The SMILES string of the molecule is CC(C)(N)C(=O)N[C@H](CCCc1ccccc1)C(=O)N1CCC2(CC1)CC(CC(=O)O)c1ccccc12. The molecule has 2 aromatic carbocycles. The molecule has 1 unspecified atom stereocenters. The number of aryl methyl sites for hydroxylation is 1. The van der Waals surface area contributed by atoms with Crippen molar-refractivity contribution < 1.29 is 19.5 Å². The fourth-order valence-corrected chi connectivity index (χ4v) is 6.03. The van der Waals surface area contributed by atoms with Crippen molar-refractivity contribution in [2.24, 2.45) is 5.73 Å². The Hall–Kier alpha value is -3.19. The molecule has 2 aliphatic rings. The number of amides is 2. The van der Waals surface area contributed by atoms with E-state index >= 15 is 0 Å². The first-order valence-corrected chi connectivity index (χ1v) is 13.3. The van der Waals surface area contributed by atoms with Crippen molar-refractivity contribution in [2.75, 3.05) is 13.1 Å². The molecule has 1 spiro atoms. The van der Waals surface area contributed by atoms with Gasteiger partial charge >= 0.3 is 5.97 Å². The van der Waals surface area contributed by atoms with Crippen molar-refractivity contribution in [3.8, 4) is 0 Å². The highest BCUT2D eigenvalue weighted by atomic mass is 16.4. The Balaban J connectivity index is 1.44. The number of nitrogens with zero attached hydrogens (tertiary/aromatic N) is 1. The number of piperidine rings is 1. The molecule has 7 heteroatoms. The molecule has 0 bridgehead atoms. The number of hydrogen-bond acceptors (Lipinski definition) is 4. The van der Waals surface area contributed by atoms with E-state index in [9.17, 15) is 19.5 Å². The molecule has 1 aliphatic carbocycles. The van der Waals surface area contributed by atoms with Gasteiger partial charge in [0.1, 0.15) is 6.04 Å². The Morgan fingerprint density at radius 2 is 1.73 bits per heavy atom. The van der Waals surface area contributed by atoms with Crippen LogP contribution in [-0.4, -0.2) is 52.5 Å². The molecule has 1 aliphatic heterocycles. The van der Waals surface area contributed by atoms with Crippen LogP contribution < -0.4 is 11.1 Å². The summed E-state index contributed by atoms with van der Waals surface area (Å²) in [6.45, 7) is 4.46. The number of carbonyl (C=O) groups is 3. The van der Waals surface area contributed by atoms with Gasteiger partial charge in [-0.2, -0.15) is 0 Å². The molecule has 1 fully saturated rings. The predicted molar refractivity (Wildman–Crippen MR) is 143 cm³/mol. The van der Waals surface area contributed by atoms with Gasteiger partial charge in [-0.15, -0.1) is 0 Å². The lowest BCUT2D eigenvalue weighted by atomic mass is 9.73. The number of likely N-dealkylation sites (tertiary alicyclic amines) is 1. The van der Waals surface area contributed by atoms with E-state index in [4.69, 9.17) is 5.73 Å². The summed E-state index contributed by atoms with van der Waals surface area (Å²) < 4.78 is 0. The molecule has 198 valence electrons. The van der Waals surface area contributed by atoms with E-state index in [1.165, 1.54) is 11.1 Å². The van der Waals surface area contributed by atoms with Crippen LogP contribution in [0, 0.1) is 0 Å². The second-order valence-corrected chi connectivity index (χ2v) is 11.3. The normalized spacial score (nSPS) is 19.3.